The van der Waals surface area contributed by atoms with Crippen molar-refractivity contribution in [1.82, 2.24) is 24.9 Å². The van der Waals surface area contributed by atoms with Crippen molar-refractivity contribution in [3.8, 4) is 0 Å². The molecule has 0 aliphatic carbocycles. The summed E-state index contributed by atoms with van der Waals surface area (Å²) in [5.41, 5.74) is 2.50. The lowest BCUT2D eigenvalue weighted by atomic mass is 10.3. The van der Waals surface area contributed by atoms with Crippen molar-refractivity contribution in [1.29, 1.82) is 0 Å². The monoisotopic (exact) mass is 315 g/mol. The maximum absolute atomic E-state index is 11.9. The van der Waals surface area contributed by atoms with Crippen LogP contribution in [0.25, 0.3) is 16.7 Å². The lowest BCUT2D eigenvalue weighted by Gasteiger charge is -2.11. The number of carbonyl (C=O) groups excluding carboxylic acids is 1. The molecule has 0 fully saturated rings. The number of benzene rings is 1. The molecule has 22 heavy (non-hydrogen) atoms. The summed E-state index contributed by atoms with van der Waals surface area (Å²) in [7, 11) is 0. The fourth-order valence-electron chi connectivity index (χ4n) is 2.13. The molecule has 0 saturated carbocycles. The van der Waals surface area contributed by atoms with Gasteiger partial charge in [-0.25, -0.2) is 4.98 Å². The first-order valence-corrected chi connectivity index (χ1v) is 8.18. The normalized spacial score (nSPS) is 12.6. The van der Waals surface area contributed by atoms with Gasteiger partial charge in [-0.3, -0.25) is 9.20 Å². The fraction of sp³-hybridized carbons (Fsp3) is 0.333. The number of carbonyl (C=O) groups is 1. The zero-order valence-electron chi connectivity index (χ0n) is 12.5. The summed E-state index contributed by atoms with van der Waals surface area (Å²) in [5.74, 6) is 0.324. The Morgan fingerprint density at radius 1 is 1.41 bits per heavy atom. The van der Waals surface area contributed by atoms with Gasteiger partial charge >= 0.3 is 0 Å². The number of fused-ring (bicyclic) bond motifs is 3. The summed E-state index contributed by atoms with van der Waals surface area (Å²) in [6.45, 7) is 4.04. The molecule has 0 bridgehead atoms. The molecule has 3 aromatic rings. The highest BCUT2D eigenvalue weighted by Gasteiger charge is 2.13. The third-order valence-corrected chi connectivity index (χ3v) is 4.42. The molecule has 0 aliphatic rings. The van der Waals surface area contributed by atoms with E-state index in [2.05, 4.69) is 20.5 Å². The quantitative estimate of drug-likeness (QED) is 0.731. The third kappa shape index (κ3) is 2.89. The summed E-state index contributed by atoms with van der Waals surface area (Å²) in [6, 6.07) is 8.00. The minimum absolute atomic E-state index is 0.00646. The van der Waals surface area contributed by atoms with Gasteiger partial charge in [0.15, 0.2) is 5.65 Å². The van der Waals surface area contributed by atoms with E-state index in [0.717, 1.165) is 22.5 Å². The van der Waals surface area contributed by atoms with Crippen LogP contribution in [0.5, 0.6) is 0 Å². The predicted octanol–water partition coefficient (Wildman–Crippen LogP) is 2.28. The number of aromatic nitrogens is 4. The average Bonchev–Trinajstić information content (AvgIpc) is 3.02. The second-order valence-electron chi connectivity index (χ2n) is 5.10. The van der Waals surface area contributed by atoms with E-state index >= 15 is 0 Å². The van der Waals surface area contributed by atoms with Crippen LogP contribution in [-0.2, 0) is 4.79 Å². The van der Waals surface area contributed by atoms with Gasteiger partial charge < -0.3 is 5.32 Å². The molecular weight excluding hydrogens is 298 g/mol. The summed E-state index contributed by atoms with van der Waals surface area (Å²) in [6.07, 6.45) is 2.59. The van der Waals surface area contributed by atoms with Gasteiger partial charge in [-0.05, 0) is 25.5 Å². The molecule has 2 aromatic heterocycles. The van der Waals surface area contributed by atoms with Crippen LogP contribution in [0.4, 0.5) is 0 Å². The van der Waals surface area contributed by atoms with Gasteiger partial charge in [0.2, 0.25) is 5.91 Å². The second-order valence-corrected chi connectivity index (χ2v) is 6.06. The maximum Gasteiger partial charge on any atom is 0.230 e. The Labute approximate surface area is 132 Å². The van der Waals surface area contributed by atoms with Crippen molar-refractivity contribution < 1.29 is 4.79 Å². The Kier molecular flexibility index (Phi) is 4.24. The highest BCUT2D eigenvalue weighted by atomic mass is 32.2. The zero-order valence-corrected chi connectivity index (χ0v) is 13.3. The number of nitrogens with one attached hydrogen (secondary N) is 1. The summed E-state index contributed by atoms with van der Waals surface area (Å²) < 4.78 is 1.90. The smallest absolute Gasteiger partial charge is 0.230 e. The largest absolute Gasteiger partial charge is 0.353 e. The first kappa shape index (κ1) is 14.8. The Bertz CT molecular complexity index is 816. The average molecular weight is 315 g/mol. The molecule has 0 saturated heterocycles. The van der Waals surface area contributed by atoms with Crippen LogP contribution in [-0.4, -0.2) is 37.3 Å². The van der Waals surface area contributed by atoms with Crippen LogP contribution in [0, 0.1) is 0 Å². The molecular formula is C15H17N5OS. The van der Waals surface area contributed by atoms with E-state index in [1.54, 1.807) is 6.33 Å². The second kappa shape index (κ2) is 6.31. The Balaban J connectivity index is 1.86. The van der Waals surface area contributed by atoms with Gasteiger partial charge in [-0.2, -0.15) is 0 Å². The first-order chi connectivity index (χ1) is 10.7. The standard InChI is InChI=1S/C15H17N5OS/c1-3-10(2)17-13(21)8-22-15-14-19-16-9-20(14)12-7-5-4-6-11(12)18-15/h4-7,9-10H,3,8H2,1-2H3,(H,17,21). The third-order valence-electron chi connectivity index (χ3n) is 3.46. The number of para-hydroxylation sites is 2. The van der Waals surface area contributed by atoms with Gasteiger partial charge in [0, 0.05) is 6.04 Å². The van der Waals surface area contributed by atoms with Crippen LogP contribution in [0.1, 0.15) is 20.3 Å². The molecule has 1 aromatic carbocycles. The summed E-state index contributed by atoms with van der Waals surface area (Å²) in [5, 5.41) is 11.7. The minimum Gasteiger partial charge on any atom is -0.353 e. The van der Waals surface area contributed by atoms with E-state index < -0.39 is 0 Å². The highest BCUT2D eigenvalue weighted by Crippen LogP contribution is 2.24. The first-order valence-electron chi connectivity index (χ1n) is 7.19. The molecule has 0 radical (unpaired) electrons. The Morgan fingerprint density at radius 3 is 3.05 bits per heavy atom. The molecule has 0 aliphatic heterocycles. The molecule has 3 rings (SSSR count). The van der Waals surface area contributed by atoms with Gasteiger partial charge in [0.1, 0.15) is 11.4 Å². The molecule has 2 heterocycles. The van der Waals surface area contributed by atoms with Gasteiger partial charge in [-0.1, -0.05) is 30.8 Å². The van der Waals surface area contributed by atoms with E-state index in [1.807, 2.05) is 42.5 Å². The number of hydrogen-bond donors (Lipinski definition) is 1. The minimum atomic E-state index is 0.00646. The van der Waals surface area contributed by atoms with E-state index in [9.17, 15) is 4.79 Å². The van der Waals surface area contributed by atoms with Crippen molar-refractivity contribution in [3.05, 3.63) is 30.6 Å². The number of amides is 1. The van der Waals surface area contributed by atoms with Crippen molar-refractivity contribution >= 4 is 34.3 Å². The van der Waals surface area contributed by atoms with E-state index in [-0.39, 0.29) is 11.9 Å². The molecule has 0 spiro atoms. The van der Waals surface area contributed by atoms with E-state index in [0.29, 0.717) is 11.4 Å². The Morgan fingerprint density at radius 2 is 2.23 bits per heavy atom. The predicted molar refractivity (Wildman–Crippen MR) is 86.9 cm³/mol. The molecule has 1 atom stereocenters. The van der Waals surface area contributed by atoms with Crippen molar-refractivity contribution in [3.63, 3.8) is 0 Å². The highest BCUT2D eigenvalue weighted by molar-refractivity contribution is 8.00. The van der Waals surface area contributed by atoms with Gasteiger partial charge in [0.25, 0.3) is 0 Å². The zero-order chi connectivity index (χ0) is 15.5. The van der Waals surface area contributed by atoms with Crippen molar-refractivity contribution in [2.75, 3.05) is 5.75 Å². The van der Waals surface area contributed by atoms with Crippen LogP contribution in [0.2, 0.25) is 0 Å². The Hall–Kier alpha value is -2.15. The van der Waals surface area contributed by atoms with Gasteiger partial charge in [-0.15, -0.1) is 10.2 Å². The fourth-order valence-corrected chi connectivity index (χ4v) is 2.91. The lowest BCUT2D eigenvalue weighted by molar-refractivity contribution is -0.119. The molecule has 1 N–H and O–H groups in total. The number of nitrogens with zero attached hydrogens (tertiary/aromatic N) is 4. The van der Waals surface area contributed by atoms with Crippen molar-refractivity contribution in [2.24, 2.45) is 0 Å². The van der Waals surface area contributed by atoms with Crippen LogP contribution >= 0.6 is 11.8 Å². The molecule has 7 heteroatoms. The molecule has 6 nitrogen and oxygen atoms in total. The number of thioether (sulfide) groups is 1. The summed E-state index contributed by atoms with van der Waals surface area (Å²) >= 11 is 1.38. The maximum atomic E-state index is 11.9. The molecule has 1 amide bonds. The van der Waals surface area contributed by atoms with E-state index in [4.69, 9.17) is 0 Å². The number of rotatable bonds is 5. The SMILES string of the molecule is CCC(C)NC(=O)CSc1nc2ccccc2n2cnnc12. The number of hydrogen-bond acceptors (Lipinski definition) is 5. The molecule has 1 unspecified atom stereocenters. The van der Waals surface area contributed by atoms with E-state index in [1.165, 1.54) is 11.8 Å². The topological polar surface area (TPSA) is 72.2 Å². The van der Waals surface area contributed by atoms with Gasteiger partial charge in [0.05, 0.1) is 16.8 Å². The summed E-state index contributed by atoms with van der Waals surface area (Å²) in [4.78, 5) is 16.5. The van der Waals surface area contributed by atoms with Crippen LogP contribution in [0.15, 0.2) is 35.6 Å². The van der Waals surface area contributed by atoms with Crippen LogP contribution in [0.3, 0.4) is 0 Å². The lowest BCUT2D eigenvalue weighted by Crippen LogP contribution is -2.33. The van der Waals surface area contributed by atoms with Crippen molar-refractivity contribution in [2.45, 2.75) is 31.3 Å². The van der Waals surface area contributed by atoms with Crippen LogP contribution < -0.4 is 5.32 Å². The molecule has 114 valence electrons.